The summed E-state index contributed by atoms with van der Waals surface area (Å²) in [6.45, 7) is -5.89. The van der Waals surface area contributed by atoms with E-state index in [9.17, 15) is 1.37 Å². The number of fused-ring (bicyclic) bond motifs is 10. The van der Waals surface area contributed by atoms with Gasteiger partial charge in [-0.2, -0.15) is 0 Å². The molecule has 2 aliphatic carbocycles. The predicted molar refractivity (Wildman–Crippen MR) is 187 cm³/mol. The Morgan fingerprint density at radius 2 is 1.02 bits per heavy atom. The van der Waals surface area contributed by atoms with Gasteiger partial charge in [-0.1, -0.05) is 136 Å². The van der Waals surface area contributed by atoms with Crippen LogP contribution in [0.1, 0.15) is 71.6 Å². The smallest absolute Gasteiger partial charge is 0.139 e. The fourth-order valence-electron chi connectivity index (χ4n) is 7.77. The molecule has 0 N–H and O–H groups in total. The van der Waals surface area contributed by atoms with Crippen LogP contribution in [-0.4, -0.2) is 0 Å². The van der Waals surface area contributed by atoms with E-state index in [4.69, 9.17) is 13.0 Å². The molecule has 0 saturated heterocycles. The largest absolute Gasteiger partial charge is 0.456 e. The summed E-state index contributed by atoms with van der Waals surface area (Å²) in [5.74, 6) is -0.500. The van der Waals surface area contributed by atoms with E-state index in [1.54, 1.807) is 36.4 Å². The number of ether oxygens (including phenoxy) is 1. The van der Waals surface area contributed by atoms with Crippen molar-refractivity contribution in [2.45, 2.75) is 50.7 Å². The van der Waals surface area contributed by atoms with Crippen molar-refractivity contribution in [1.82, 2.24) is 0 Å². The number of hydrogen-bond donors (Lipinski definition) is 0. The van der Waals surface area contributed by atoms with Crippen molar-refractivity contribution in [1.29, 1.82) is 0 Å². The quantitative estimate of drug-likeness (QED) is 0.195. The number of hydrogen-bond acceptors (Lipinski definition) is 1. The first-order chi connectivity index (χ1) is 24.9. The number of benzene rings is 6. The molecule has 0 aromatic heterocycles. The summed E-state index contributed by atoms with van der Waals surface area (Å²) in [7, 11) is 0. The van der Waals surface area contributed by atoms with Crippen LogP contribution in [0.4, 0.5) is 0 Å². The summed E-state index contributed by atoms with van der Waals surface area (Å²) < 4.78 is 69.7. The molecule has 1 heterocycles. The van der Waals surface area contributed by atoms with Gasteiger partial charge in [0.15, 0.2) is 0 Å². The van der Waals surface area contributed by atoms with E-state index in [0.717, 1.165) is 68.5 Å². The minimum Gasteiger partial charge on any atom is -0.456 e. The number of para-hydroxylation sites is 2. The predicted octanol–water partition coefficient (Wildman–Crippen LogP) is 12.4. The van der Waals surface area contributed by atoms with Crippen LogP contribution in [0.3, 0.4) is 0 Å². The van der Waals surface area contributed by atoms with Crippen LogP contribution >= 0.6 is 0 Å². The Balaban J connectivity index is 1.41. The zero-order chi connectivity index (χ0) is 36.0. The van der Waals surface area contributed by atoms with Crippen LogP contribution in [0, 0.1) is 0 Å². The van der Waals surface area contributed by atoms with E-state index in [-0.39, 0.29) is 22.6 Å². The standard InChI is InChI=1S/C44H36O/c1-44(2)40-23-11-12-25-42(40)45-43-35(22-13-24-41(43)44)39-27-38-34-21-10-8-19-32(34)30-17-6-5-16-29(30)31-18-7-9-20-33(31)37(38)26-36(39)28-14-3-4-15-28/h5-13,16-28H,3-4,14-15H2,1-2H3/i1D3,2D3,28D. The van der Waals surface area contributed by atoms with E-state index >= 15 is 0 Å². The molecule has 1 fully saturated rings. The first-order valence-corrected chi connectivity index (χ1v) is 15.8. The van der Waals surface area contributed by atoms with E-state index in [1.807, 2.05) is 12.1 Å². The van der Waals surface area contributed by atoms with Crippen molar-refractivity contribution in [3.8, 4) is 67.1 Å². The van der Waals surface area contributed by atoms with Gasteiger partial charge in [0.2, 0.25) is 0 Å². The molecular weight excluding hydrogens is 544 g/mol. The maximum Gasteiger partial charge on any atom is 0.139 e. The Bertz CT molecular complexity index is 2380. The molecule has 0 bridgehead atoms. The van der Waals surface area contributed by atoms with E-state index in [0.29, 0.717) is 18.4 Å². The minimum atomic E-state index is -2.95. The maximum atomic E-state index is 9.99. The molecule has 6 aromatic carbocycles. The molecule has 218 valence electrons. The molecule has 9 rings (SSSR count). The normalized spacial score (nSPS) is 19.2. The lowest BCUT2D eigenvalue weighted by molar-refractivity contribution is 0.419. The van der Waals surface area contributed by atoms with Gasteiger partial charge in [-0.25, -0.2) is 0 Å². The molecule has 6 aromatic rings. The Kier molecular flexibility index (Phi) is 4.52. The van der Waals surface area contributed by atoms with Gasteiger partial charge in [-0.05, 0) is 92.6 Å². The van der Waals surface area contributed by atoms with Crippen molar-refractivity contribution in [2.24, 2.45) is 0 Å². The van der Waals surface area contributed by atoms with Crippen molar-refractivity contribution in [2.75, 3.05) is 0 Å². The maximum absolute atomic E-state index is 9.99. The summed E-state index contributed by atoms with van der Waals surface area (Å²) in [6, 6.07) is 41.4. The second-order valence-corrected chi connectivity index (χ2v) is 12.4. The van der Waals surface area contributed by atoms with Gasteiger partial charge in [0.05, 0.1) is 0 Å². The Labute approximate surface area is 276 Å². The lowest BCUT2D eigenvalue weighted by Gasteiger charge is -2.36. The molecule has 1 nitrogen and oxygen atoms in total. The van der Waals surface area contributed by atoms with Crippen LogP contribution in [0.25, 0.3) is 55.6 Å². The first-order valence-electron chi connectivity index (χ1n) is 19.3. The SMILES string of the molecule is [2H]C1(c2cc3c(cc2-c2cccc4c2Oc2ccccc2C4(C([2H])([2H])[2H])C([2H])([2H])[2H])-c2ccccc2-c2ccccc2-c2ccccc2-3)CCCC1. The van der Waals surface area contributed by atoms with Crippen molar-refractivity contribution < 1.29 is 14.3 Å². The molecule has 0 unspecified atom stereocenters. The summed E-state index contributed by atoms with van der Waals surface area (Å²) in [4.78, 5) is 0. The average Bonchev–Trinajstić information content (AvgIpc) is 3.58. The van der Waals surface area contributed by atoms with Crippen molar-refractivity contribution in [3.63, 3.8) is 0 Å². The van der Waals surface area contributed by atoms with Gasteiger partial charge in [0, 0.05) is 31.7 Å². The Hall–Kier alpha value is -4.88. The molecule has 1 saturated carbocycles. The van der Waals surface area contributed by atoms with Gasteiger partial charge < -0.3 is 4.74 Å². The van der Waals surface area contributed by atoms with Gasteiger partial charge in [0.1, 0.15) is 11.5 Å². The van der Waals surface area contributed by atoms with Crippen LogP contribution in [0.5, 0.6) is 11.5 Å². The first kappa shape index (κ1) is 20.2. The molecule has 0 radical (unpaired) electrons. The number of rotatable bonds is 2. The van der Waals surface area contributed by atoms with Gasteiger partial charge >= 0.3 is 0 Å². The highest BCUT2D eigenvalue weighted by Gasteiger charge is 2.36. The molecule has 1 aliphatic heterocycles. The monoisotopic (exact) mass is 587 g/mol. The fourth-order valence-corrected chi connectivity index (χ4v) is 7.77. The van der Waals surface area contributed by atoms with E-state index < -0.39 is 25.0 Å². The summed E-state index contributed by atoms with van der Waals surface area (Å²) in [6.07, 6.45) is 3.19. The zero-order valence-electron chi connectivity index (χ0n) is 31.9. The van der Waals surface area contributed by atoms with E-state index in [2.05, 4.69) is 78.9 Å². The molecule has 3 aliphatic rings. The van der Waals surface area contributed by atoms with Crippen LogP contribution in [0.2, 0.25) is 0 Å². The second kappa shape index (κ2) is 10.1. The van der Waals surface area contributed by atoms with Crippen LogP contribution < -0.4 is 4.74 Å². The summed E-state index contributed by atoms with van der Waals surface area (Å²) in [5.41, 5.74) is 8.58. The van der Waals surface area contributed by atoms with Gasteiger partial charge in [0.25, 0.3) is 0 Å². The van der Waals surface area contributed by atoms with E-state index in [1.165, 1.54) is 0 Å². The van der Waals surface area contributed by atoms with Crippen molar-refractivity contribution >= 4 is 0 Å². The molecule has 45 heavy (non-hydrogen) atoms. The molecule has 0 spiro atoms. The topological polar surface area (TPSA) is 9.23 Å². The molecular formula is C44H36O. The lowest BCUT2D eigenvalue weighted by Crippen LogP contribution is -2.24. The Morgan fingerprint density at radius 1 is 0.533 bits per heavy atom. The highest BCUT2D eigenvalue weighted by atomic mass is 16.5. The summed E-state index contributed by atoms with van der Waals surface area (Å²) >= 11 is 0. The molecule has 0 amide bonds. The molecule has 1 heteroatoms. The average molecular weight is 588 g/mol. The van der Waals surface area contributed by atoms with Gasteiger partial charge in [-0.15, -0.1) is 0 Å². The van der Waals surface area contributed by atoms with Gasteiger partial charge in [-0.3, -0.25) is 0 Å². The zero-order valence-corrected chi connectivity index (χ0v) is 24.9. The minimum absolute atomic E-state index is 0.103. The third kappa shape index (κ3) is 4.00. The fraction of sp³-hybridized carbons (Fsp3) is 0.182. The lowest BCUT2D eigenvalue weighted by atomic mass is 9.73. The highest BCUT2D eigenvalue weighted by Crippen LogP contribution is 2.55. The highest BCUT2D eigenvalue weighted by molar-refractivity contribution is 6.04. The molecule has 0 atom stereocenters. The third-order valence-electron chi connectivity index (χ3n) is 9.90. The third-order valence-corrected chi connectivity index (χ3v) is 9.90. The summed E-state index contributed by atoms with van der Waals surface area (Å²) in [5, 5.41) is 0. The van der Waals surface area contributed by atoms with Crippen molar-refractivity contribution in [3.05, 3.63) is 144 Å². The van der Waals surface area contributed by atoms with Crippen LogP contribution in [-0.2, 0) is 5.41 Å². The van der Waals surface area contributed by atoms with Crippen LogP contribution in [0.15, 0.2) is 127 Å². The second-order valence-electron chi connectivity index (χ2n) is 12.4. The Morgan fingerprint density at radius 3 is 1.62 bits per heavy atom.